The van der Waals surface area contributed by atoms with Gasteiger partial charge in [-0.2, -0.15) is 5.26 Å². The first-order valence-corrected chi connectivity index (χ1v) is 5.35. The lowest BCUT2D eigenvalue weighted by molar-refractivity contribution is 0.501. The van der Waals surface area contributed by atoms with Gasteiger partial charge in [0.25, 0.3) is 0 Å². The van der Waals surface area contributed by atoms with E-state index in [0.29, 0.717) is 11.4 Å². The summed E-state index contributed by atoms with van der Waals surface area (Å²) in [6.45, 7) is 0. The fourth-order valence-electron chi connectivity index (χ4n) is 1.61. The van der Waals surface area contributed by atoms with E-state index in [1.54, 1.807) is 12.3 Å². The first-order chi connectivity index (χ1) is 7.81. The minimum atomic E-state index is -0.264. The molecule has 2 aromatic rings. The molecule has 2 rings (SSSR count). The van der Waals surface area contributed by atoms with Gasteiger partial charge in [-0.3, -0.25) is 0 Å². The highest BCUT2D eigenvalue weighted by molar-refractivity contribution is 6.31. The van der Waals surface area contributed by atoms with Crippen LogP contribution < -0.4 is 0 Å². The smallest absolute Gasteiger partial charge is 0.105 e. The third-order valence-electron chi connectivity index (χ3n) is 2.42. The number of halogens is 1. The Bertz CT molecular complexity index is 499. The van der Waals surface area contributed by atoms with Crippen molar-refractivity contribution in [3.05, 3.63) is 59.0 Å². The maximum atomic E-state index is 9.15. The monoisotopic (exact) mass is 231 g/mol. The van der Waals surface area contributed by atoms with Crippen LogP contribution in [0.4, 0.5) is 0 Å². The Balaban J connectivity index is 2.24. The molecule has 0 fully saturated rings. The van der Waals surface area contributed by atoms with Crippen LogP contribution in [0.3, 0.4) is 0 Å². The zero-order valence-corrected chi connectivity index (χ0v) is 9.32. The molecule has 1 aromatic carbocycles. The van der Waals surface area contributed by atoms with Crippen molar-refractivity contribution < 1.29 is 4.42 Å². The van der Waals surface area contributed by atoms with Crippen molar-refractivity contribution in [2.75, 3.05) is 0 Å². The maximum absolute atomic E-state index is 9.15. The molecule has 16 heavy (non-hydrogen) atoms. The molecule has 0 aliphatic heterocycles. The Hall–Kier alpha value is -1.72. The fourth-order valence-corrected chi connectivity index (χ4v) is 1.88. The standard InChI is InChI=1S/C13H10ClNO/c14-13-6-2-1-5-12(13)10(9-15)8-11-4-3-7-16-11/h1-7,10H,8H2. The van der Waals surface area contributed by atoms with Crippen molar-refractivity contribution in [3.8, 4) is 6.07 Å². The van der Waals surface area contributed by atoms with Crippen molar-refractivity contribution in [2.24, 2.45) is 0 Å². The Morgan fingerprint density at radius 2 is 2.06 bits per heavy atom. The Morgan fingerprint density at radius 1 is 1.25 bits per heavy atom. The van der Waals surface area contributed by atoms with Crippen LogP contribution >= 0.6 is 11.6 Å². The summed E-state index contributed by atoms with van der Waals surface area (Å²) >= 11 is 6.06. The van der Waals surface area contributed by atoms with Gasteiger partial charge in [0.1, 0.15) is 5.76 Å². The number of nitrogens with zero attached hydrogens (tertiary/aromatic N) is 1. The predicted molar refractivity (Wildman–Crippen MR) is 62.2 cm³/mol. The highest BCUT2D eigenvalue weighted by Crippen LogP contribution is 2.26. The molecule has 0 N–H and O–H groups in total. The summed E-state index contributed by atoms with van der Waals surface area (Å²) in [7, 11) is 0. The molecule has 1 aromatic heterocycles. The summed E-state index contributed by atoms with van der Waals surface area (Å²) in [6, 6.07) is 13.3. The molecule has 1 atom stereocenters. The lowest BCUT2D eigenvalue weighted by Gasteiger charge is -2.09. The second-order valence-corrected chi connectivity index (χ2v) is 3.89. The minimum absolute atomic E-state index is 0.264. The van der Waals surface area contributed by atoms with Crippen LogP contribution in [-0.2, 0) is 6.42 Å². The zero-order valence-electron chi connectivity index (χ0n) is 8.56. The normalized spacial score (nSPS) is 12.0. The Morgan fingerprint density at radius 3 is 2.69 bits per heavy atom. The van der Waals surface area contributed by atoms with Crippen molar-refractivity contribution in [1.82, 2.24) is 0 Å². The number of benzene rings is 1. The van der Waals surface area contributed by atoms with E-state index in [1.807, 2.05) is 30.3 Å². The van der Waals surface area contributed by atoms with Gasteiger partial charge in [-0.25, -0.2) is 0 Å². The van der Waals surface area contributed by atoms with E-state index in [4.69, 9.17) is 21.3 Å². The Kier molecular flexibility index (Phi) is 3.28. The molecule has 0 radical (unpaired) electrons. The number of furan rings is 1. The quantitative estimate of drug-likeness (QED) is 0.806. The molecular formula is C13H10ClNO. The number of rotatable bonds is 3. The third-order valence-corrected chi connectivity index (χ3v) is 2.77. The van der Waals surface area contributed by atoms with Crippen LogP contribution in [0.5, 0.6) is 0 Å². The van der Waals surface area contributed by atoms with E-state index in [-0.39, 0.29) is 5.92 Å². The summed E-state index contributed by atoms with van der Waals surface area (Å²) in [4.78, 5) is 0. The van der Waals surface area contributed by atoms with E-state index in [0.717, 1.165) is 11.3 Å². The van der Waals surface area contributed by atoms with Gasteiger partial charge in [0.15, 0.2) is 0 Å². The highest BCUT2D eigenvalue weighted by atomic mass is 35.5. The number of nitriles is 1. The summed E-state index contributed by atoms with van der Waals surface area (Å²) in [5, 5.41) is 9.78. The Labute approximate surface area is 99.1 Å². The van der Waals surface area contributed by atoms with Gasteiger partial charge >= 0.3 is 0 Å². The van der Waals surface area contributed by atoms with Gasteiger partial charge in [-0.15, -0.1) is 0 Å². The second-order valence-electron chi connectivity index (χ2n) is 3.49. The molecule has 0 aliphatic rings. The van der Waals surface area contributed by atoms with Crippen LogP contribution in [0.1, 0.15) is 17.2 Å². The molecule has 0 spiro atoms. The van der Waals surface area contributed by atoms with E-state index >= 15 is 0 Å². The second kappa shape index (κ2) is 4.87. The van der Waals surface area contributed by atoms with Gasteiger partial charge < -0.3 is 4.42 Å². The van der Waals surface area contributed by atoms with Crippen LogP contribution in [0, 0.1) is 11.3 Å². The predicted octanol–water partition coefficient (Wildman–Crippen LogP) is 3.78. The topological polar surface area (TPSA) is 36.9 Å². The summed E-state index contributed by atoms with van der Waals surface area (Å²) < 4.78 is 5.23. The molecule has 0 saturated heterocycles. The van der Waals surface area contributed by atoms with Crippen LogP contribution in [0.15, 0.2) is 47.1 Å². The molecule has 3 heteroatoms. The molecule has 2 nitrogen and oxygen atoms in total. The molecule has 1 unspecified atom stereocenters. The van der Waals surface area contributed by atoms with E-state index in [9.17, 15) is 0 Å². The lowest BCUT2D eigenvalue weighted by atomic mass is 9.96. The third kappa shape index (κ3) is 2.26. The van der Waals surface area contributed by atoms with Crippen molar-refractivity contribution in [1.29, 1.82) is 5.26 Å². The number of hydrogen-bond acceptors (Lipinski definition) is 2. The van der Waals surface area contributed by atoms with Crippen molar-refractivity contribution in [3.63, 3.8) is 0 Å². The van der Waals surface area contributed by atoms with E-state index in [1.165, 1.54) is 0 Å². The zero-order chi connectivity index (χ0) is 11.4. The molecule has 0 bridgehead atoms. The molecule has 0 saturated carbocycles. The molecule has 0 amide bonds. The van der Waals surface area contributed by atoms with Gasteiger partial charge in [0, 0.05) is 11.4 Å². The molecular weight excluding hydrogens is 222 g/mol. The van der Waals surface area contributed by atoms with E-state index in [2.05, 4.69) is 6.07 Å². The van der Waals surface area contributed by atoms with Crippen LogP contribution in [0.2, 0.25) is 5.02 Å². The fraction of sp³-hybridized carbons (Fsp3) is 0.154. The van der Waals surface area contributed by atoms with Gasteiger partial charge in [0.2, 0.25) is 0 Å². The van der Waals surface area contributed by atoms with Crippen LogP contribution in [-0.4, -0.2) is 0 Å². The van der Waals surface area contributed by atoms with Crippen molar-refractivity contribution in [2.45, 2.75) is 12.3 Å². The SMILES string of the molecule is N#CC(Cc1ccco1)c1ccccc1Cl. The molecule has 0 aliphatic carbocycles. The summed E-state index contributed by atoms with van der Waals surface area (Å²) in [5.74, 6) is 0.534. The largest absolute Gasteiger partial charge is 0.469 e. The first kappa shape index (κ1) is 10.8. The molecule has 80 valence electrons. The van der Waals surface area contributed by atoms with Gasteiger partial charge in [0.05, 0.1) is 18.3 Å². The molecule has 1 heterocycles. The highest BCUT2D eigenvalue weighted by Gasteiger charge is 2.15. The van der Waals surface area contributed by atoms with Gasteiger partial charge in [-0.05, 0) is 23.8 Å². The average Bonchev–Trinajstić information content (AvgIpc) is 2.80. The van der Waals surface area contributed by atoms with Gasteiger partial charge in [-0.1, -0.05) is 29.8 Å². The van der Waals surface area contributed by atoms with Crippen LogP contribution in [0.25, 0.3) is 0 Å². The van der Waals surface area contributed by atoms with E-state index < -0.39 is 0 Å². The summed E-state index contributed by atoms with van der Waals surface area (Å²) in [6.07, 6.45) is 2.16. The van der Waals surface area contributed by atoms with Crippen molar-refractivity contribution >= 4 is 11.6 Å². The number of hydrogen-bond donors (Lipinski definition) is 0. The lowest BCUT2D eigenvalue weighted by Crippen LogP contribution is -2.00. The maximum Gasteiger partial charge on any atom is 0.105 e. The average molecular weight is 232 g/mol. The first-order valence-electron chi connectivity index (χ1n) is 4.97. The minimum Gasteiger partial charge on any atom is -0.469 e. The summed E-state index contributed by atoms with van der Waals surface area (Å²) in [5.41, 5.74) is 0.850.